The van der Waals surface area contributed by atoms with Crippen LogP contribution in [0.5, 0.6) is 0 Å². The summed E-state index contributed by atoms with van der Waals surface area (Å²) in [4.78, 5) is 2.41. The SMILES string of the molecule is CCC(CNC)CN(C)Cc1ccc(C)cc1. The van der Waals surface area contributed by atoms with Crippen molar-refractivity contribution in [1.82, 2.24) is 10.2 Å². The molecule has 1 rings (SSSR count). The quantitative estimate of drug-likeness (QED) is 0.780. The van der Waals surface area contributed by atoms with Crippen LogP contribution >= 0.6 is 0 Å². The topological polar surface area (TPSA) is 15.3 Å². The highest BCUT2D eigenvalue weighted by Gasteiger charge is 2.09. The lowest BCUT2D eigenvalue weighted by molar-refractivity contribution is 0.262. The van der Waals surface area contributed by atoms with E-state index in [1.165, 1.54) is 17.5 Å². The van der Waals surface area contributed by atoms with Crippen LogP contribution < -0.4 is 5.32 Å². The zero-order valence-electron chi connectivity index (χ0n) is 11.7. The molecule has 0 aromatic heterocycles. The average molecular weight is 234 g/mol. The van der Waals surface area contributed by atoms with Crippen LogP contribution in [0.25, 0.3) is 0 Å². The third kappa shape index (κ3) is 5.33. The van der Waals surface area contributed by atoms with E-state index in [2.05, 4.69) is 55.4 Å². The maximum Gasteiger partial charge on any atom is 0.0230 e. The molecule has 0 radical (unpaired) electrons. The molecule has 0 saturated carbocycles. The van der Waals surface area contributed by atoms with Crippen molar-refractivity contribution in [2.24, 2.45) is 5.92 Å². The summed E-state index contributed by atoms with van der Waals surface area (Å²) in [6.45, 7) is 7.70. The number of aryl methyl sites for hydroxylation is 1. The van der Waals surface area contributed by atoms with Crippen LogP contribution in [0.1, 0.15) is 24.5 Å². The minimum absolute atomic E-state index is 0.746. The van der Waals surface area contributed by atoms with E-state index in [0.717, 1.165) is 25.6 Å². The first-order chi connectivity index (χ1) is 8.15. The fourth-order valence-electron chi connectivity index (χ4n) is 2.14. The highest BCUT2D eigenvalue weighted by Crippen LogP contribution is 2.09. The van der Waals surface area contributed by atoms with Crippen LogP contribution in [0, 0.1) is 12.8 Å². The maximum atomic E-state index is 3.27. The number of nitrogens with one attached hydrogen (secondary N) is 1. The van der Waals surface area contributed by atoms with Gasteiger partial charge in [0.1, 0.15) is 0 Å². The highest BCUT2D eigenvalue weighted by atomic mass is 15.1. The summed E-state index contributed by atoms with van der Waals surface area (Å²) in [5, 5.41) is 3.27. The zero-order valence-corrected chi connectivity index (χ0v) is 11.7. The Morgan fingerprint density at radius 1 is 1.24 bits per heavy atom. The van der Waals surface area contributed by atoms with E-state index in [0.29, 0.717) is 0 Å². The van der Waals surface area contributed by atoms with Gasteiger partial charge >= 0.3 is 0 Å². The van der Waals surface area contributed by atoms with Crippen LogP contribution in [0.3, 0.4) is 0 Å². The van der Waals surface area contributed by atoms with E-state index in [1.807, 2.05) is 7.05 Å². The fraction of sp³-hybridized carbons (Fsp3) is 0.600. The fourth-order valence-corrected chi connectivity index (χ4v) is 2.14. The Kier molecular flexibility index (Phi) is 6.23. The lowest BCUT2D eigenvalue weighted by atomic mass is 10.1. The first kappa shape index (κ1) is 14.2. The number of benzene rings is 1. The molecule has 0 aliphatic carbocycles. The minimum Gasteiger partial charge on any atom is -0.319 e. The van der Waals surface area contributed by atoms with Crippen molar-refractivity contribution in [3.05, 3.63) is 35.4 Å². The molecule has 0 bridgehead atoms. The predicted octanol–water partition coefficient (Wildman–Crippen LogP) is 2.67. The summed E-state index contributed by atoms with van der Waals surface area (Å²) in [6.07, 6.45) is 1.24. The maximum absolute atomic E-state index is 3.27. The van der Waals surface area contributed by atoms with Crippen LogP contribution in [0.4, 0.5) is 0 Å². The van der Waals surface area contributed by atoms with Crippen LogP contribution in [-0.4, -0.2) is 32.1 Å². The monoisotopic (exact) mass is 234 g/mol. The van der Waals surface area contributed by atoms with E-state index < -0.39 is 0 Å². The number of hydrogen-bond donors (Lipinski definition) is 1. The van der Waals surface area contributed by atoms with Gasteiger partial charge in [-0.05, 0) is 39.0 Å². The van der Waals surface area contributed by atoms with Crippen molar-refractivity contribution in [3.63, 3.8) is 0 Å². The molecule has 1 unspecified atom stereocenters. The van der Waals surface area contributed by atoms with Gasteiger partial charge in [0, 0.05) is 13.1 Å². The van der Waals surface area contributed by atoms with Crippen LogP contribution in [0.2, 0.25) is 0 Å². The Labute approximate surface area is 106 Å². The van der Waals surface area contributed by atoms with Gasteiger partial charge in [-0.15, -0.1) is 0 Å². The molecule has 0 aliphatic rings. The molecule has 96 valence electrons. The Bertz CT molecular complexity index is 305. The normalized spacial score (nSPS) is 13.0. The van der Waals surface area contributed by atoms with Crippen molar-refractivity contribution in [1.29, 1.82) is 0 Å². The van der Waals surface area contributed by atoms with Crippen molar-refractivity contribution in [2.75, 3.05) is 27.2 Å². The molecule has 17 heavy (non-hydrogen) atoms. The van der Waals surface area contributed by atoms with Gasteiger partial charge in [-0.25, -0.2) is 0 Å². The molecule has 0 heterocycles. The van der Waals surface area contributed by atoms with Gasteiger partial charge in [-0.3, -0.25) is 0 Å². The summed E-state index contributed by atoms with van der Waals surface area (Å²) in [5.74, 6) is 0.746. The largest absolute Gasteiger partial charge is 0.319 e. The molecule has 0 amide bonds. The summed E-state index contributed by atoms with van der Waals surface area (Å²) in [7, 11) is 4.24. The Hall–Kier alpha value is -0.860. The minimum atomic E-state index is 0.746. The van der Waals surface area contributed by atoms with Gasteiger partial charge in [0.15, 0.2) is 0 Å². The second-order valence-corrected chi connectivity index (χ2v) is 5.01. The third-order valence-corrected chi connectivity index (χ3v) is 3.21. The highest BCUT2D eigenvalue weighted by molar-refractivity contribution is 5.21. The standard InChI is InChI=1S/C15H26N2/c1-5-14(10-16-3)11-17(4)12-15-8-6-13(2)7-9-15/h6-9,14,16H,5,10-12H2,1-4H3. The van der Waals surface area contributed by atoms with Crippen molar-refractivity contribution in [3.8, 4) is 0 Å². The molecule has 0 fully saturated rings. The van der Waals surface area contributed by atoms with E-state index >= 15 is 0 Å². The molecule has 0 spiro atoms. The number of nitrogens with zero attached hydrogens (tertiary/aromatic N) is 1. The predicted molar refractivity (Wildman–Crippen MR) is 75.2 cm³/mol. The molecule has 2 nitrogen and oxygen atoms in total. The summed E-state index contributed by atoms with van der Waals surface area (Å²) in [6, 6.07) is 8.83. The van der Waals surface area contributed by atoms with Crippen LogP contribution in [0.15, 0.2) is 24.3 Å². The van der Waals surface area contributed by atoms with Gasteiger partial charge in [0.25, 0.3) is 0 Å². The van der Waals surface area contributed by atoms with Gasteiger partial charge in [-0.1, -0.05) is 43.2 Å². The Morgan fingerprint density at radius 2 is 1.88 bits per heavy atom. The molecule has 1 N–H and O–H groups in total. The Balaban J connectivity index is 2.42. The first-order valence-corrected chi connectivity index (χ1v) is 6.54. The Morgan fingerprint density at radius 3 is 2.41 bits per heavy atom. The lowest BCUT2D eigenvalue weighted by Gasteiger charge is -2.23. The van der Waals surface area contributed by atoms with Gasteiger partial charge in [0.05, 0.1) is 0 Å². The van der Waals surface area contributed by atoms with Gasteiger partial charge in [0.2, 0.25) is 0 Å². The van der Waals surface area contributed by atoms with Crippen LogP contribution in [-0.2, 0) is 6.54 Å². The van der Waals surface area contributed by atoms with Gasteiger partial charge < -0.3 is 10.2 Å². The van der Waals surface area contributed by atoms with Crippen molar-refractivity contribution in [2.45, 2.75) is 26.8 Å². The molecular formula is C15H26N2. The van der Waals surface area contributed by atoms with E-state index in [-0.39, 0.29) is 0 Å². The number of rotatable bonds is 7. The molecule has 0 aliphatic heterocycles. The van der Waals surface area contributed by atoms with Crippen molar-refractivity contribution < 1.29 is 0 Å². The third-order valence-electron chi connectivity index (χ3n) is 3.21. The second-order valence-electron chi connectivity index (χ2n) is 5.01. The molecular weight excluding hydrogens is 208 g/mol. The molecule has 1 aromatic carbocycles. The van der Waals surface area contributed by atoms with Gasteiger partial charge in [-0.2, -0.15) is 0 Å². The molecule has 0 saturated heterocycles. The number of hydrogen-bond acceptors (Lipinski definition) is 2. The lowest BCUT2D eigenvalue weighted by Crippen LogP contribution is -2.30. The average Bonchev–Trinajstić information content (AvgIpc) is 2.31. The second kappa shape index (κ2) is 7.46. The smallest absolute Gasteiger partial charge is 0.0230 e. The first-order valence-electron chi connectivity index (χ1n) is 6.54. The van der Waals surface area contributed by atoms with E-state index in [1.54, 1.807) is 0 Å². The molecule has 1 aromatic rings. The summed E-state index contributed by atoms with van der Waals surface area (Å²) in [5.41, 5.74) is 2.73. The molecule has 2 heteroatoms. The summed E-state index contributed by atoms with van der Waals surface area (Å²) >= 11 is 0. The molecule has 1 atom stereocenters. The van der Waals surface area contributed by atoms with Crippen molar-refractivity contribution >= 4 is 0 Å². The van der Waals surface area contributed by atoms with E-state index in [9.17, 15) is 0 Å². The summed E-state index contributed by atoms with van der Waals surface area (Å²) < 4.78 is 0. The zero-order chi connectivity index (χ0) is 12.7. The van der Waals surface area contributed by atoms with E-state index in [4.69, 9.17) is 0 Å².